The second-order valence-corrected chi connectivity index (χ2v) is 5.66. The van der Waals surface area contributed by atoms with Gasteiger partial charge < -0.3 is 9.47 Å². The van der Waals surface area contributed by atoms with Gasteiger partial charge in [-0.15, -0.1) is 0 Å². The third kappa shape index (κ3) is 3.94. The maximum atomic E-state index is 13.7. The van der Waals surface area contributed by atoms with Gasteiger partial charge in [-0.2, -0.15) is 0 Å². The summed E-state index contributed by atoms with van der Waals surface area (Å²) >= 11 is 3.53. The fourth-order valence-electron chi connectivity index (χ4n) is 2.01. The van der Waals surface area contributed by atoms with E-state index in [1.807, 2.05) is 12.1 Å². The molecule has 0 aliphatic rings. The lowest BCUT2D eigenvalue weighted by molar-refractivity contribution is 0.393. The van der Waals surface area contributed by atoms with Crippen molar-refractivity contribution in [3.63, 3.8) is 0 Å². The molecule has 21 heavy (non-hydrogen) atoms. The highest BCUT2D eigenvalue weighted by atomic mass is 79.9. The summed E-state index contributed by atoms with van der Waals surface area (Å²) in [7, 11) is 3.14. The van der Waals surface area contributed by atoms with E-state index in [2.05, 4.69) is 15.9 Å². The van der Waals surface area contributed by atoms with E-state index in [9.17, 15) is 8.78 Å². The lowest BCUT2D eigenvalue weighted by atomic mass is 10.0. The molecule has 0 spiro atoms. The maximum Gasteiger partial charge on any atom is 0.129 e. The maximum absolute atomic E-state index is 13.7. The van der Waals surface area contributed by atoms with Crippen molar-refractivity contribution in [2.24, 2.45) is 0 Å². The van der Waals surface area contributed by atoms with Crippen LogP contribution in [0.25, 0.3) is 0 Å². The fourth-order valence-corrected chi connectivity index (χ4v) is 2.62. The van der Waals surface area contributed by atoms with Crippen LogP contribution in [0.1, 0.15) is 16.0 Å². The molecule has 0 fully saturated rings. The quantitative estimate of drug-likeness (QED) is 0.725. The Labute approximate surface area is 130 Å². The number of halogens is 3. The molecule has 1 unspecified atom stereocenters. The third-order valence-electron chi connectivity index (χ3n) is 3.15. The highest BCUT2D eigenvalue weighted by molar-refractivity contribution is 9.09. The Bertz CT molecular complexity index is 609. The third-order valence-corrected chi connectivity index (χ3v) is 4.00. The largest absolute Gasteiger partial charge is 0.497 e. The highest BCUT2D eigenvalue weighted by Gasteiger charge is 2.14. The molecular weight excluding hydrogens is 342 g/mol. The molecule has 0 amide bonds. The first-order chi connectivity index (χ1) is 10.0. The second-order valence-electron chi connectivity index (χ2n) is 4.55. The molecule has 112 valence electrons. The van der Waals surface area contributed by atoms with E-state index in [-0.39, 0.29) is 4.83 Å². The number of hydrogen-bond donors (Lipinski definition) is 0. The van der Waals surface area contributed by atoms with Crippen LogP contribution in [0.2, 0.25) is 0 Å². The molecular formula is C16H15BrF2O2. The summed E-state index contributed by atoms with van der Waals surface area (Å²) in [5.41, 5.74) is 1.34. The monoisotopic (exact) mass is 356 g/mol. The zero-order valence-corrected chi connectivity index (χ0v) is 13.3. The van der Waals surface area contributed by atoms with Crippen LogP contribution in [0.15, 0.2) is 36.4 Å². The molecule has 0 saturated carbocycles. The van der Waals surface area contributed by atoms with Gasteiger partial charge in [-0.3, -0.25) is 0 Å². The number of hydrogen-bond acceptors (Lipinski definition) is 2. The Morgan fingerprint density at radius 1 is 1.00 bits per heavy atom. The number of ether oxygens (including phenoxy) is 2. The minimum atomic E-state index is -0.578. The summed E-state index contributed by atoms with van der Waals surface area (Å²) in [6.45, 7) is 0. The Morgan fingerprint density at radius 2 is 1.62 bits per heavy atom. The van der Waals surface area contributed by atoms with Crippen molar-refractivity contribution >= 4 is 15.9 Å². The van der Waals surface area contributed by atoms with E-state index in [0.717, 1.165) is 11.6 Å². The number of alkyl halides is 1. The average Bonchev–Trinajstić information content (AvgIpc) is 2.49. The van der Waals surface area contributed by atoms with Crippen molar-refractivity contribution in [2.75, 3.05) is 14.2 Å². The summed E-state index contributed by atoms with van der Waals surface area (Å²) in [6.07, 6.45) is 0.391. The van der Waals surface area contributed by atoms with E-state index in [4.69, 9.17) is 9.47 Å². The summed E-state index contributed by atoms with van der Waals surface area (Å²) in [4.78, 5) is -0.138. The Balaban J connectivity index is 2.25. The normalized spacial score (nSPS) is 12.0. The second kappa shape index (κ2) is 6.89. The molecule has 0 heterocycles. The van der Waals surface area contributed by atoms with Crippen LogP contribution in [-0.2, 0) is 6.42 Å². The zero-order valence-electron chi connectivity index (χ0n) is 11.7. The summed E-state index contributed by atoms with van der Waals surface area (Å²) in [5, 5.41) is 0. The molecule has 2 aromatic carbocycles. The van der Waals surface area contributed by atoms with Crippen LogP contribution in [-0.4, -0.2) is 14.2 Å². The molecule has 0 radical (unpaired) electrons. The summed E-state index contributed by atoms with van der Waals surface area (Å²) in [6, 6.07) is 9.07. The molecule has 0 bridgehead atoms. The van der Waals surface area contributed by atoms with E-state index < -0.39 is 11.6 Å². The van der Waals surface area contributed by atoms with Gasteiger partial charge in [-0.05, 0) is 35.7 Å². The SMILES string of the molecule is COc1cc(OC)cc(C(Br)Cc2ccc(F)cc2F)c1. The minimum absolute atomic E-state index is 0.138. The number of methoxy groups -OCH3 is 2. The molecule has 5 heteroatoms. The van der Waals surface area contributed by atoms with Crippen LogP contribution in [0.4, 0.5) is 8.78 Å². The van der Waals surface area contributed by atoms with E-state index >= 15 is 0 Å². The van der Waals surface area contributed by atoms with Gasteiger partial charge in [0.05, 0.1) is 14.2 Å². The van der Waals surface area contributed by atoms with Crippen molar-refractivity contribution < 1.29 is 18.3 Å². The Hall–Kier alpha value is -1.62. The number of rotatable bonds is 5. The van der Waals surface area contributed by atoms with Crippen molar-refractivity contribution in [2.45, 2.75) is 11.2 Å². The van der Waals surface area contributed by atoms with Gasteiger partial charge in [0.1, 0.15) is 23.1 Å². The lowest BCUT2D eigenvalue weighted by Gasteiger charge is -2.14. The molecule has 0 aromatic heterocycles. The summed E-state index contributed by atoms with van der Waals surface area (Å²) in [5.74, 6) is 0.196. The lowest BCUT2D eigenvalue weighted by Crippen LogP contribution is -2.00. The molecule has 0 aliphatic heterocycles. The Kier molecular flexibility index (Phi) is 5.17. The fraction of sp³-hybridized carbons (Fsp3) is 0.250. The molecule has 2 aromatic rings. The van der Waals surface area contributed by atoms with Gasteiger partial charge in [0.25, 0.3) is 0 Å². The summed E-state index contributed by atoms with van der Waals surface area (Å²) < 4.78 is 37.1. The topological polar surface area (TPSA) is 18.5 Å². The predicted molar refractivity (Wildman–Crippen MR) is 81.3 cm³/mol. The van der Waals surface area contributed by atoms with Crippen molar-refractivity contribution in [3.8, 4) is 11.5 Å². The first-order valence-electron chi connectivity index (χ1n) is 6.34. The zero-order chi connectivity index (χ0) is 15.4. The predicted octanol–water partition coefficient (Wildman–Crippen LogP) is 4.66. The van der Waals surface area contributed by atoms with E-state index in [1.54, 1.807) is 20.3 Å². The van der Waals surface area contributed by atoms with E-state index in [1.165, 1.54) is 12.1 Å². The van der Waals surface area contributed by atoms with Gasteiger partial charge in [-0.25, -0.2) is 8.78 Å². The first kappa shape index (κ1) is 15.8. The van der Waals surface area contributed by atoms with Crippen molar-refractivity contribution in [1.29, 1.82) is 0 Å². The van der Waals surface area contributed by atoms with Crippen LogP contribution in [0.3, 0.4) is 0 Å². The van der Waals surface area contributed by atoms with Gasteiger partial charge in [0.2, 0.25) is 0 Å². The van der Waals surface area contributed by atoms with Crippen LogP contribution in [0.5, 0.6) is 11.5 Å². The van der Waals surface area contributed by atoms with Crippen molar-refractivity contribution in [1.82, 2.24) is 0 Å². The molecule has 2 nitrogen and oxygen atoms in total. The van der Waals surface area contributed by atoms with E-state index in [0.29, 0.717) is 23.5 Å². The molecule has 0 saturated heterocycles. The molecule has 1 atom stereocenters. The smallest absolute Gasteiger partial charge is 0.129 e. The Morgan fingerprint density at radius 3 is 2.14 bits per heavy atom. The van der Waals surface area contributed by atoms with Gasteiger partial charge >= 0.3 is 0 Å². The minimum Gasteiger partial charge on any atom is -0.497 e. The van der Waals surface area contributed by atoms with Crippen molar-refractivity contribution in [3.05, 3.63) is 59.2 Å². The average molecular weight is 357 g/mol. The molecule has 0 N–H and O–H groups in total. The van der Waals surface area contributed by atoms with Gasteiger partial charge in [0, 0.05) is 17.0 Å². The van der Waals surface area contributed by atoms with Crippen LogP contribution in [0, 0.1) is 11.6 Å². The standard InChI is InChI=1S/C16H15BrF2O2/c1-20-13-5-11(6-14(9-13)21-2)15(17)7-10-3-4-12(18)8-16(10)19/h3-6,8-9,15H,7H2,1-2H3. The van der Waals surface area contributed by atoms with Crippen LogP contribution >= 0.6 is 15.9 Å². The molecule has 0 aliphatic carbocycles. The van der Waals surface area contributed by atoms with Crippen LogP contribution < -0.4 is 9.47 Å². The molecule has 2 rings (SSSR count). The number of benzene rings is 2. The van der Waals surface area contributed by atoms with Gasteiger partial charge in [0.15, 0.2) is 0 Å². The van der Waals surface area contributed by atoms with Gasteiger partial charge in [-0.1, -0.05) is 22.0 Å². The first-order valence-corrected chi connectivity index (χ1v) is 7.26. The highest BCUT2D eigenvalue weighted by Crippen LogP contribution is 2.33.